The van der Waals surface area contributed by atoms with Crippen molar-refractivity contribution in [1.29, 1.82) is 0 Å². The van der Waals surface area contributed by atoms with E-state index in [-0.39, 0.29) is 0 Å². The largest absolute Gasteiger partial charge is 0.449 e. The molecule has 0 fully saturated rings. The highest BCUT2D eigenvalue weighted by molar-refractivity contribution is 5.40. The van der Waals surface area contributed by atoms with E-state index in [0.29, 0.717) is 5.88 Å². The predicted molar refractivity (Wildman–Crippen MR) is 37.2 cm³/mol. The Morgan fingerprint density at radius 1 is 1.67 bits per heavy atom. The standard InChI is InChI=1S/C7H11NO/c1-3-6-4-9-7(8)5(6)2/h4H,3,8H2,1-2H3. The zero-order chi connectivity index (χ0) is 6.85. The van der Waals surface area contributed by atoms with Crippen molar-refractivity contribution in [3.8, 4) is 0 Å². The van der Waals surface area contributed by atoms with Crippen LogP contribution in [-0.4, -0.2) is 0 Å². The van der Waals surface area contributed by atoms with Gasteiger partial charge in [0, 0.05) is 5.56 Å². The molecule has 0 aliphatic heterocycles. The molecule has 0 aromatic carbocycles. The summed E-state index contributed by atoms with van der Waals surface area (Å²) < 4.78 is 4.96. The first kappa shape index (κ1) is 6.20. The minimum atomic E-state index is 0.548. The molecule has 0 amide bonds. The van der Waals surface area contributed by atoms with E-state index in [1.807, 2.05) is 6.92 Å². The van der Waals surface area contributed by atoms with Crippen LogP contribution >= 0.6 is 0 Å². The van der Waals surface area contributed by atoms with Gasteiger partial charge in [-0.15, -0.1) is 0 Å². The number of rotatable bonds is 1. The van der Waals surface area contributed by atoms with Gasteiger partial charge in [0.25, 0.3) is 0 Å². The molecule has 2 nitrogen and oxygen atoms in total. The lowest BCUT2D eigenvalue weighted by Gasteiger charge is -1.88. The zero-order valence-electron chi connectivity index (χ0n) is 5.77. The van der Waals surface area contributed by atoms with Crippen LogP contribution in [0, 0.1) is 6.92 Å². The fraction of sp³-hybridized carbons (Fsp3) is 0.429. The first-order chi connectivity index (χ1) is 4.25. The van der Waals surface area contributed by atoms with E-state index >= 15 is 0 Å². The van der Waals surface area contributed by atoms with Gasteiger partial charge in [-0.3, -0.25) is 0 Å². The van der Waals surface area contributed by atoms with E-state index in [9.17, 15) is 0 Å². The highest BCUT2D eigenvalue weighted by atomic mass is 16.3. The zero-order valence-corrected chi connectivity index (χ0v) is 5.77. The molecule has 0 saturated heterocycles. The molecule has 2 N–H and O–H groups in total. The Morgan fingerprint density at radius 3 is 2.56 bits per heavy atom. The monoisotopic (exact) mass is 125 g/mol. The SMILES string of the molecule is CCc1coc(N)c1C. The molecule has 9 heavy (non-hydrogen) atoms. The molecule has 0 aliphatic rings. The lowest BCUT2D eigenvalue weighted by molar-refractivity contribution is 0.583. The molecule has 1 aromatic rings. The number of nitrogens with two attached hydrogens (primary N) is 1. The number of anilines is 1. The van der Waals surface area contributed by atoms with Gasteiger partial charge in [-0.05, 0) is 18.9 Å². The summed E-state index contributed by atoms with van der Waals surface area (Å²) in [5.74, 6) is 0.548. The Labute approximate surface area is 54.7 Å². The van der Waals surface area contributed by atoms with E-state index in [0.717, 1.165) is 12.0 Å². The van der Waals surface area contributed by atoms with Crippen molar-refractivity contribution in [3.05, 3.63) is 17.4 Å². The topological polar surface area (TPSA) is 39.2 Å². The smallest absolute Gasteiger partial charge is 0.193 e. The van der Waals surface area contributed by atoms with Gasteiger partial charge < -0.3 is 10.2 Å². The van der Waals surface area contributed by atoms with Gasteiger partial charge in [-0.1, -0.05) is 6.92 Å². The van der Waals surface area contributed by atoms with Gasteiger partial charge in [0.2, 0.25) is 0 Å². The van der Waals surface area contributed by atoms with Crippen LogP contribution < -0.4 is 5.73 Å². The number of aryl methyl sites for hydroxylation is 1. The van der Waals surface area contributed by atoms with E-state index in [1.165, 1.54) is 5.56 Å². The quantitative estimate of drug-likeness (QED) is 0.620. The molecule has 1 aromatic heterocycles. The second kappa shape index (κ2) is 2.13. The average Bonchev–Trinajstić information content (AvgIpc) is 2.15. The maximum atomic E-state index is 5.45. The number of furan rings is 1. The van der Waals surface area contributed by atoms with Gasteiger partial charge in [0.1, 0.15) is 0 Å². The van der Waals surface area contributed by atoms with Crippen molar-refractivity contribution in [3.63, 3.8) is 0 Å². The van der Waals surface area contributed by atoms with E-state index < -0.39 is 0 Å². The van der Waals surface area contributed by atoms with Crippen LogP contribution in [0.5, 0.6) is 0 Å². The van der Waals surface area contributed by atoms with Gasteiger partial charge in [-0.25, -0.2) is 0 Å². The van der Waals surface area contributed by atoms with Gasteiger partial charge in [0.15, 0.2) is 5.88 Å². The Balaban J connectivity index is 3.04. The molecule has 0 atom stereocenters. The first-order valence-electron chi connectivity index (χ1n) is 3.08. The van der Waals surface area contributed by atoms with Crippen LogP contribution in [0.2, 0.25) is 0 Å². The molecule has 0 saturated carbocycles. The summed E-state index contributed by atoms with van der Waals surface area (Å²) >= 11 is 0. The predicted octanol–water partition coefficient (Wildman–Crippen LogP) is 1.73. The molecule has 1 rings (SSSR count). The third kappa shape index (κ3) is 0.922. The second-order valence-electron chi connectivity index (χ2n) is 2.10. The molecule has 0 unspecified atom stereocenters. The van der Waals surface area contributed by atoms with Crippen molar-refractivity contribution in [2.75, 3.05) is 5.73 Å². The normalized spacial score (nSPS) is 10.0. The lowest BCUT2D eigenvalue weighted by Crippen LogP contribution is -1.85. The van der Waals surface area contributed by atoms with Crippen molar-refractivity contribution in [1.82, 2.24) is 0 Å². The van der Waals surface area contributed by atoms with Crippen molar-refractivity contribution >= 4 is 5.88 Å². The number of hydrogen-bond acceptors (Lipinski definition) is 2. The summed E-state index contributed by atoms with van der Waals surface area (Å²) in [4.78, 5) is 0. The minimum Gasteiger partial charge on any atom is -0.449 e. The molecule has 0 bridgehead atoms. The first-order valence-corrected chi connectivity index (χ1v) is 3.08. The van der Waals surface area contributed by atoms with E-state index in [1.54, 1.807) is 6.26 Å². The third-order valence-electron chi connectivity index (χ3n) is 1.56. The van der Waals surface area contributed by atoms with Crippen molar-refractivity contribution in [2.45, 2.75) is 20.3 Å². The molecule has 0 radical (unpaired) electrons. The van der Waals surface area contributed by atoms with Crippen LogP contribution in [0.3, 0.4) is 0 Å². The van der Waals surface area contributed by atoms with Crippen LogP contribution in [-0.2, 0) is 6.42 Å². The minimum absolute atomic E-state index is 0.548. The lowest BCUT2D eigenvalue weighted by atomic mass is 10.2. The number of hydrogen-bond donors (Lipinski definition) is 1. The summed E-state index contributed by atoms with van der Waals surface area (Å²) in [5, 5.41) is 0. The molecule has 0 spiro atoms. The fourth-order valence-electron chi connectivity index (χ4n) is 0.818. The molecule has 1 heterocycles. The van der Waals surface area contributed by atoms with Crippen LogP contribution in [0.25, 0.3) is 0 Å². The Bertz CT molecular complexity index is 203. The molecule has 50 valence electrons. The van der Waals surface area contributed by atoms with Crippen LogP contribution in [0.1, 0.15) is 18.1 Å². The molecule has 0 aliphatic carbocycles. The van der Waals surface area contributed by atoms with E-state index in [2.05, 4.69) is 6.92 Å². The van der Waals surface area contributed by atoms with Crippen molar-refractivity contribution < 1.29 is 4.42 Å². The summed E-state index contributed by atoms with van der Waals surface area (Å²) in [6, 6.07) is 0. The maximum absolute atomic E-state index is 5.45. The Morgan fingerprint density at radius 2 is 2.33 bits per heavy atom. The third-order valence-corrected chi connectivity index (χ3v) is 1.56. The molecule has 2 heteroatoms. The van der Waals surface area contributed by atoms with E-state index in [4.69, 9.17) is 10.2 Å². The fourth-order valence-corrected chi connectivity index (χ4v) is 0.818. The summed E-state index contributed by atoms with van der Waals surface area (Å²) in [6.45, 7) is 4.05. The number of nitrogen functional groups attached to an aromatic ring is 1. The average molecular weight is 125 g/mol. The highest BCUT2D eigenvalue weighted by Crippen LogP contribution is 2.17. The molecular formula is C7H11NO. The second-order valence-corrected chi connectivity index (χ2v) is 2.10. The van der Waals surface area contributed by atoms with Gasteiger partial charge in [-0.2, -0.15) is 0 Å². The van der Waals surface area contributed by atoms with Crippen LogP contribution in [0.4, 0.5) is 5.88 Å². The summed E-state index contributed by atoms with van der Waals surface area (Å²) in [7, 11) is 0. The molecular weight excluding hydrogens is 114 g/mol. The Hall–Kier alpha value is -0.920. The van der Waals surface area contributed by atoms with Gasteiger partial charge >= 0.3 is 0 Å². The highest BCUT2D eigenvalue weighted by Gasteiger charge is 2.01. The Kier molecular flexibility index (Phi) is 1.47. The summed E-state index contributed by atoms with van der Waals surface area (Å²) in [5.41, 5.74) is 7.73. The van der Waals surface area contributed by atoms with Crippen LogP contribution in [0.15, 0.2) is 10.7 Å². The maximum Gasteiger partial charge on any atom is 0.193 e. The summed E-state index contributed by atoms with van der Waals surface area (Å²) in [6.07, 6.45) is 2.71. The van der Waals surface area contributed by atoms with Crippen molar-refractivity contribution in [2.24, 2.45) is 0 Å². The van der Waals surface area contributed by atoms with Gasteiger partial charge in [0.05, 0.1) is 6.26 Å².